The summed E-state index contributed by atoms with van der Waals surface area (Å²) in [5, 5.41) is 4.59. The molecule has 1 heterocycles. The molecule has 1 aliphatic rings. The molecule has 2 N–H and O–H groups in total. The van der Waals surface area contributed by atoms with E-state index in [9.17, 15) is 8.42 Å². The highest BCUT2D eigenvalue weighted by Gasteiger charge is 2.27. The lowest BCUT2D eigenvalue weighted by Crippen LogP contribution is -2.36. The summed E-state index contributed by atoms with van der Waals surface area (Å²) in [6.45, 7) is 2.36. The molecule has 0 aromatic heterocycles. The lowest BCUT2D eigenvalue weighted by atomic mass is 10.1. The molecule has 66 valence electrons. The number of rotatable bonds is 1. The average Bonchev–Trinajstić information content (AvgIpc) is 1.86. The molecule has 0 aromatic rings. The van der Waals surface area contributed by atoms with Gasteiger partial charge in [0.25, 0.3) is 0 Å². The zero-order chi connectivity index (χ0) is 8.48. The van der Waals surface area contributed by atoms with Gasteiger partial charge in [-0.3, -0.25) is 0 Å². The van der Waals surface area contributed by atoms with Gasteiger partial charge in [0.1, 0.15) is 0 Å². The van der Waals surface area contributed by atoms with Crippen molar-refractivity contribution in [3.05, 3.63) is 0 Å². The molecule has 0 amide bonds. The summed E-state index contributed by atoms with van der Waals surface area (Å²) in [4.78, 5) is 0. The van der Waals surface area contributed by atoms with Gasteiger partial charge in [-0.25, -0.2) is 13.6 Å². The molecule has 0 radical (unpaired) electrons. The van der Waals surface area contributed by atoms with E-state index in [1.165, 1.54) is 0 Å². The predicted molar refractivity (Wildman–Crippen MR) is 41.5 cm³/mol. The van der Waals surface area contributed by atoms with E-state index < -0.39 is 15.3 Å². The second-order valence-electron chi connectivity index (χ2n) is 2.92. The Bertz CT molecular complexity index is 224. The number of ether oxygens (including phenoxy) is 1. The molecular weight excluding hydrogens is 166 g/mol. The van der Waals surface area contributed by atoms with Crippen LogP contribution >= 0.6 is 0 Å². The van der Waals surface area contributed by atoms with Crippen LogP contribution in [0, 0.1) is 0 Å². The van der Waals surface area contributed by atoms with E-state index in [0.717, 1.165) is 0 Å². The van der Waals surface area contributed by atoms with Crippen molar-refractivity contribution in [2.24, 2.45) is 5.14 Å². The maximum Gasteiger partial charge on any atom is 0.212 e. The SMILES string of the molecule is CC1CC(S(N)(=O)=O)CCO1. The van der Waals surface area contributed by atoms with E-state index in [-0.39, 0.29) is 6.10 Å². The van der Waals surface area contributed by atoms with Crippen molar-refractivity contribution >= 4 is 10.0 Å². The van der Waals surface area contributed by atoms with Crippen LogP contribution in [0.4, 0.5) is 0 Å². The summed E-state index contributed by atoms with van der Waals surface area (Å²) in [7, 11) is -3.34. The minimum atomic E-state index is -3.34. The summed E-state index contributed by atoms with van der Waals surface area (Å²) in [6.07, 6.45) is 1.08. The first kappa shape index (κ1) is 8.96. The van der Waals surface area contributed by atoms with Crippen molar-refractivity contribution in [3.63, 3.8) is 0 Å². The average molecular weight is 179 g/mol. The highest BCUT2D eigenvalue weighted by Crippen LogP contribution is 2.17. The zero-order valence-corrected chi connectivity index (χ0v) is 7.30. The van der Waals surface area contributed by atoms with E-state index in [1.54, 1.807) is 0 Å². The predicted octanol–water partition coefficient (Wildman–Crippen LogP) is -0.158. The minimum Gasteiger partial charge on any atom is -0.378 e. The Labute approximate surface area is 66.8 Å². The van der Waals surface area contributed by atoms with E-state index in [0.29, 0.717) is 19.4 Å². The lowest BCUT2D eigenvalue weighted by Gasteiger charge is -2.25. The smallest absolute Gasteiger partial charge is 0.212 e. The minimum absolute atomic E-state index is 0.0204. The standard InChI is InChI=1S/C6H13NO3S/c1-5-4-6(2-3-10-5)11(7,8)9/h5-6H,2-4H2,1H3,(H2,7,8,9). The molecular formula is C6H13NO3S. The fourth-order valence-corrected chi connectivity index (χ4v) is 2.22. The molecule has 5 heteroatoms. The van der Waals surface area contributed by atoms with Gasteiger partial charge in [0.05, 0.1) is 11.4 Å². The Hall–Kier alpha value is -0.130. The molecule has 0 saturated carbocycles. The van der Waals surface area contributed by atoms with Gasteiger partial charge in [-0.2, -0.15) is 0 Å². The van der Waals surface area contributed by atoms with Crippen LogP contribution in [-0.2, 0) is 14.8 Å². The van der Waals surface area contributed by atoms with Crippen molar-refractivity contribution in [3.8, 4) is 0 Å². The van der Waals surface area contributed by atoms with Crippen molar-refractivity contribution in [1.29, 1.82) is 0 Å². The summed E-state index contributed by atoms with van der Waals surface area (Å²) in [5.41, 5.74) is 0. The Morgan fingerprint density at radius 2 is 2.18 bits per heavy atom. The van der Waals surface area contributed by atoms with Crippen LogP contribution in [-0.4, -0.2) is 26.4 Å². The largest absolute Gasteiger partial charge is 0.378 e. The van der Waals surface area contributed by atoms with Gasteiger partial charge in [-0.05, 0) is 19.8 Å². The van der Waals surface area contributed by atoms with Gasteiger partial charge in [-0.15, -0.1) is 0 Å². The number of sulfonamides is 1. The summed E-state index contributed by atoms with van der Waals surface area (Å²) in [6, 6.07) is 0. The van der Waals surface area contributed by atoms with Crippen molar-refractivity contribution < 1.29 is 13.2 Å². The third kappa shape index (κ3) is 2.43. The highest BCUT2D eigenvalue weighted by atomic mass is 32.2. The molecule has 11 heavy (non-hydrogen) atoms. The Kier molecular flexibility index (Phi) is 2.51. The van der Waals surface area contributed by atoms with Crippen molar-refractivity contribution in [2.45, 2.75) is 31.1 Å². The lowest BCUT2D eigenvalue weighted by molar-refractivity contribution is 0.0301. The first-order valence-corrected chi connectivity index (χ1v) is 5.24. The summed E-state index contributed by atoms with van der Waals surface area (Å²) in [5.74, 6) is 0. The topological polar surface area (TPSA) is 69.4 Å². The van der Waals surface area contributed by atoms with Gasteiger partial charge >= 0.3 is 0 Å². The molecule has 0 bridgehead atoms. The fourth-order valence-electron chi connectivity index (χ4n) is 1.26. The maximum atomic E-state index is 10.9. The van der Waals surface area contributed by atoms with Gasteiger partial charge in [0.15, 0.2) is 0 Å². The monoisotopic (exact) mass is 179 g/mol. The molecule has 1 saturated heterocycles. The van der Waals surface area contributed by atoms with Crippen LogP contribution in [0.25, 0.3) is 0 Å². The van der Waals surface area contributed by atoms with E-state index >= 15 is 0 Å². The molecule has 0 spiro atoms. The first-order valence-electron chi connectivity index (χ1n) is 3.63. The molecule has 0 aliphatic carbocycles. The quantitative estimate of drug-likeness (QED) is 0.608. The zero-order valence-electron chi connectivity index (χ0n) is 6.49. The van der Waals surface area contributed by atoms with E-state index in [2.05, 4.69) is 0 Å². The van der Waals surface area contributed by atoms with Gasteiger partial charge in [-0.1, -0.05) is 0 Å². The van der Waals surface area contributed by atoms with Crippen LogP contribution in [0.2, 0.25) is 0 Å². The fraction of sp³-hybridized carbons (Fsp3) is 1.00. The molecule has 4 nitrogen and oxygen atoms in total. The van der Waals surface area contributed by atoms with Gasteiger partial charge in [0.2, 0.25) is 10.0 Å². The van der Waals surface area contributed by atoms with Crippen LogP contribution < -0.4 is 5.14 Å². The molecule has 1 aliphatic heterocycles. The molecule has 0 aromatic carbocycles. The van der Waals surface area contributed by atoms with Crippen LogP contribution in [0.15, 0.2) is 0 Å². The normalized spacial score (nSPS) is 33.6. The number of primary sulfonamides is 1. The Morgan fingerprint density at radius 1 is 1.55 bits per heavy atom. The van der Waals surface area contributed by atoms with Crippen LogP contribution in [0.3, 0.4) is 0 Å². The summed E-state index contributed by atoms with van der Waals surface area (Å²) >= 11 is 0. The summed E-state index contributed by atoms with van der Waals surface area (Å²) < 4.78 is 26.9. The van der Waals surface area contributed by atoms with Crippen LogP contribution in [0.5, 0.6) is 0 Å². The number of nitrogens with two attached hydrogens (primary N) is 1. The maximum absolute atomic E-state index is 10.9. The Balaban J connectivity index is 2.60. The van der Waals surface area contributed by atoms with E-state index in [4.69, 9.17) is 9.88 Å². The van der Waals surface area contributed by atoms with Crippen LogP contribution in [0.1, 0.15) is 19.8 Å². The van der Waals surface area contributed by atoms with Gasteiger partial charge in [0, 0.05) is 6.61 Å². The van der Waals surface area contributed by atoms with Crippen molar-refractivity contribution in [1.82, 2.24) is 0 Å². The second-order valence-corrected chi connectivity index (χ2v) is 4.76. The number of hydrogen-bond acceptors (Lipinski definition) is 3. The Morgan fingerprint density at radius 3 is 2.55 bits per heavy atom. The van der Waals surface area contributed by atoms with E-state index in [1.807, 2.05) is 6.92 Å². The molecule has 1 fully saturated rings. The van der Waals surface area contributed by atoms with Gasteiger partial charge < -0.3 is 4.74 Å². The second kappa shape index (κ2) is 3.08. The molecule has 2 atom stereocenters. The third-order valence-corrected chi connectivity index (χ3v) is 3.26. The third-order valence-electron chi connectivity index (χ3n) is 1.90. The molecule has 2 unspecified atom stereocenters. The number of hydrogen-bond donors (Lipinski definition) is 1. The highest BCUT2D eigenvalue weighted by molar-refractivity contribution is 7.89. The molecule has 1 rings (SSSR count). The first-order chi connectivity index (χ1) is 5.00. The van der Waals surface area contributed by atoms with Crippen molar-refractivity contribution in [2.75, 3.05) is 6.61 Å².